The lowest BCUT2D eigenvalue weighted by Gasteiger charge is -2.28. The van der Waals surface area contributed by atoms with Gasteiger partial charge >= 0.3 is 0 Å². The maximum atomic E-state index is 13.1. The first-order chi connectivity index (χ1) is 12.6. The van der Waals surface area contributed by atoms with E-state index in [1.807, 2.05) is 30.3 Å². The molecule has 2 heterocycles. The zero-order valence-electron chi connectivity index (χ0n) is 14.3. The number of carbonyl (C=O) groups excluding carboxylic acids is 2. The summed E-state index contributed by atoms with van der Waals surface area (Å²) in [5.41, 5.74) is 1.35. The van der Waals surface area contributed by atoms with Gasteiger partial charge in [0.2, 0.25) is 5.91 Å². The third-order valence-electron chi connectivity index (χ3n) is 4.90. The summed E-state index contributed by atoms with van der Waals surface area (Å²) >= 11 is 6.03. The van der Waals surface area contributed by atoms with Crippen LogP contribution in [-0.4, -0.2) is 24.0 Å². The number of amides is 2. The minimum absolute atomic E-state index is 0.173. The number of anilines is 2. The van der Waals surface area contributed by atoms with Gasteiger partial charge in [0.25, 0.3) is 5.91 Å². The van der Waals surface area contributed by atoms with Crippen LogP contribution in [-0.2, 0) is 14.4 Å². The van der Waals surface area contributed by atoms with Crippen LogP contribution in [0, 0.1) is 5.92 Å². The number of imide groups is 1. The Labute approximate surface area is 157 Å². The highest BCUT2D eigenvalue weighted by atomic mass is 35.5. The normalized spacial score (nSPS) is 25.1. The van der Waals surface area contributed by atoms with E-state index in [-0.39, 0.29) is 17.9 Å². The minimum atomic E-state index is -0.793. The van der Waals surface area contributed by atoms with Crippen molar-refractivity contribution in [3.05, 3.63) is 59.6 Å². The van der Waals surface area contributed by atoms with Gasteiger partial charge in [-0.05, 0) is 36.8 Å². The number of carbonyl (C=O) groups is 2. The van der Waals surface area contributed by atoms with Crippen LogP contribution in [0.4, 0.5) is 11.4 Å². The van der Waals surface area contributed by atoms with Crippen molar-refractivity contribution in [2.24, 2.45) is 5.92 Å². The van der Waals surface area contributed by atoms with Crippen LogP contribution in [0.2, 0.25) is 5.02 Å². The summed E-state index contributed by atoms with van der Waals surface area (Å²) in [5.74, 6) is -1.07. The van der Waals surface area contributed by atoms with Crippen LogP contribution in [0.1, 0.15) is 19.8 Å². The second kappa shape index (κ2) is 6.74. The van der Waals surface area contributed by atoms with Crippen molar-refractivity contribution < 1.29 is 14.4 Å². The van der Waals surface area contributed by atoms with E-state index in [4.69, 9.17) is 16.4 Å². The Bertz CT molecular complexity index is 842. The van der Waals surface area contributed by atoms with E-state index < -0.39 is 12.0 Å². The first-order valence-corrected chi connectivity index (χ1v) is 9.14. The van der Waals surface area contributed by atoms with Crippen LogP contribution in [0.25, 0.3) is 0 Å². The summed E-state index contributed by atoms with van der Waals surface area (Å²) in [4.78, 5) is 33.3. The fourth-order valence-electron chi connectivity index (χ4n) is 3.78. The van der Waals surface area contributed by atoms with Crippen LogP contribution < -0.4 is 9.96 Å². The number of nitrogens with zero attached hydrogens (tertiary/aromatic N) is 2. The molecule has 0 spiro atoms. The van der Waals surface area contributed by atoms with Gasteiger partial charge in [-0.3, -0.25) is 14.4 Å². The molecular formula is C20H19ClN2O3. The van der Waals surface area contributed by atoms with E-state index in [2.05, 4.69) is 6.92 Å². The predicted molar refractivity (Wildman–Crippen MR) is 99.9 cm³/mol. The largest absolute Gasteiger partial charge is 0.273 e. The molecule has 134 valence electrons. The summed E-state index contributed by atoms with van der Waals surface area (Å²) in [5, 5.41) is 2.22. The Hall–Kier alpha value is -2.37. The lowest BCUT2D eigenvalue weighted by molar-refractivity contribution is -0.126. The number of rotatable bonds is 4. The molecule has 0 unspecified atom stereocenters. The van der Waals surface area contributed by atoms with Gasteiger partial charge < -0.3 is 0 Å². The number of hydroxylamine groups is 1. The average molecular weight is 371 g/mol. The number of para-hydroxylation sites is 1. The molecule has 0 aromatic heterocycles. The molecule has 0 aliphatic carbocycles. The molecule has 2 aromatic carbocycles. The Morgan fingerprint density at radius 3 is 2.42 bits per heavy atom. The predicted octanol–water partition coefficient (Wildman–Crippen LogP) is 3.82. The van der Waals surface area contributed by atoms with E-state index in [9.17, 15) is 9.59 Å². The molecular weight excluding hydrogens is 352 g/mol. The smallest absolute Gasteiger partial charge is 0.266 e. The Balaban J connectivity index is 1.69. The molecule has 2 fully saturated rings. The van der Waals surface area contributed by atoms with E-state index in [0.29, 0.717) is 10.7 Å². The van der Waals surface area contributed by atoms with Crippen LogP contribution in [0.3, 0.4) is 0 Å². The molecule has 0 bridgehead atoms. The fourth-order valence-corrected chi connectivity index (χ4v) is 3.97. The highest BCUT2D eigenvalue weighted by Gasteiger charge is 2.59. The van der Waals surface area contributed by atoms with Gasteiger partial charge in [0.1, 0.15) is 0 Å². The van der Waals surface area contributed by atoms with E-state index in [1.165, 1.54) is 4.90 Å². The van der Waals surface area contributed by atoms with Gasteiger partial charge in [0.05, 0.1) is 23.3 Å². The summed E-state index contributed by atoms with van der Waals surface area (Å²) in [7, 11) is 0. The van der Waals surface area contributed by atoms with Gasteiger partial charge in [-0.2, -0.15) is 0 Å². The van der Waals surface area contributed by atoms with Crippen LogP contribution in [0.5, 0.6) is 0 Å². The van der Waals surface area contributed by atoms with Gasteiger partial charge in [-0.15, -0.1) is 0 Å². The number of hydrogen-bond donors (Lipinski definition) is 0. The molecule has 4 rings (SSSR count). The topological polar surface area (TPSA) is 49.9 Å². The Kier molecular flexibility index (Phi) is 4.42. The molecule has 6 heteroatoms. The molecule has 3 atom stereocenters. The maximum Gasteiger partial charge on any atom is 0.266 e. The zero-order valence-corrected chi connectivity index (χ0v) is 15.1. The molecule has 26 heavy (non-hydrogen) atoms. The van der Waals surface area contributed by atoms with E-state index in [1.54, 1.807) is 29.3 Å². The molecule has 2 aromatic rings. The lowest BCUT2D eigenvalue weighted by Crippen LogP contribution is -2.40. The molecule has 2 saturated heterocycles. The monoisotopic (exact) mass is 370 g/mol. The molecule has 0 N–H and O–H groups in total. The van der Waals surface area contributed by atoms with Crippen molar-refractivity contribution in [3.63, 3.8) is 0 Å². The number of hydrogen-bond acceptors (Lipinski definition) is 4. The summed E-state index contributed by atoms with van der Waals surface area (Å²) in [6.45, 7) is 2.06. The highest BCUT2D eigenvalue weighted by Crippen LogP contribution is 2.41. The average Bonchev–Trinajstić information content (AvgIpc) is 3.13. The zero-order chi connectivity index (χ0) is 18.3. The minimum Gasteiger partial charge on any atom is -0.273 e. The SMILES string of the molecule is CCC[C@@H]1[C@@H]2C(=O)N(c3cccc(Cl)c3)C(=O)[C@@H]2ON1c1ccccc1. The Morgan fingerprint density at radius 1 is 1.00 bits per heavy atom. The standard InChI is InChI=1S/C20H19ClN2O3/c1-2-7-16-17-18(26-23(16)14-9-4-3-5-10-14)20(25)22(19(17)24)15-11-6-8-13(21)12-15/h3-6,8-12,16-18H,2,7H2,1H3/t16-,17+,18-/m1/s1. The first kappa shape index (κ1) is 17.1. The van der Waals surface area contributed by atoms with Crippen LogP contribution in [0.15, 0.2) is 54.6 Å². The molecule has 2 aliphatic rings. The third-order valence-corrected chi connectivity index (χ3v) is 5.13. The third kappa shape index (κ3) is 2.68. The lowest BCUT2D eigenvalue weighted by atomic mass is 9.93. The number of halogens is 1. The van der Waals surface area contributed by atoms with Gasteiger partial charge in [-0.1, -0.05) is 49.2 Å². The van der Waals surface area contributed by atoms with Crippen LogP contribution >= 0.6 is 11.6 Å². The Morgan fingerprint density at radius 2 is 1.73 bits per heavy atom. The summed E-state index contributed by atoms with van der Waals surface area (Å²) in [6.07, 6.45) is 0.857. The number of fused-ring (bicyclic) bond motifs is 1. The fraction of sp³-hybridized carbons (Fsp3) is 0.300. The van der Waals surface area contributed by atoms with Crippen molar-refractivity contribution in [1.29, 1.82) is 0 Å². The number of benzene rings is 2. The van der Waals surface area contributed by atoms with Gasteiger partial charge in [0.15, 0.2) is 6.10 Å². The van der Waals surface area contributed by atoms with Crippen molar-refractivity contribution in [3.8, 4) is 0 Å². The quantitative estimate of drug-likeness (QED) is 0.768. The summed E-state index contributed by atoms with van der Waals surface area (Å²) < 4.78 is 0. The van der Waals surface area contributed by atoms with Gasteiger partial charge in [-0.25, -0.2) is 9.96 Å². The van der Waals surface area contributed by atoms with Crippen molar-refractivity contribution in [2.75, 3.05) is 9.96 Å². The molecule has 5 nitrogen and oxygen atoms in total. The van der Waals surface area contributed by atoms with E-state index >= 15 is 0 Å². The van der Waals surface area contributed by atoms with E-state index in [0.717, 1.165) is 18.5 Å². The van der Waals surface area contributed by atoms with Crippen molar-refractivity contribution in [1.82, 2.24) is 0 Å². The molecule has 2 aliphatic heterocycles. The first-order valence-electron chi connectivity index (χ1n) is 8.76. The molecule has 0 saturated carbocycles. The second-order valence-corrected chi connectivity index (χ2v) is 7.00. The second-order valence-electron chi connectivity index (χ2n) is 6.56. The maximum absolute atomic E-state index is 13.1. The highest BCUT2D eigenvalue weighted by molar-refractivity contribution is 6.31. The van der Waals surface area contributed by atoms with Crippen molar-refractivity contribution >= 4 is 34.8 Å². The molecule has 2 amide bonds. The summed E-state index contributed by atoms with van der Waals surface area (Å²) in [6, 6.07) is 16.2. The van der Waals surface area contributed by atoms with Gasteiger partial charge in [0, 0.05) is 5.02 Å². The molecule has 0 radical (unpaired) electrons. The van der Waals surface area contributed by atoms with Crippen molar-refractivity contribution in [2.45, 2.75) is 31.9 Å².